The zero-order valence-electron chi connectivity index (χ0n) is 22.8. The monoisotopic (exact) mass is 560 g/mol. The van der Waals surface area contributed by atoms with E-state index in [4.69, 9.17) is 27.9 Å². The summed E-state index contributed by atoms with van der Waals surface area (Å²) in [6.07, 6.45) is 4.44. The molecule has 38 heavy (non-hydrogen) atoms. The first-order valence-corrected chi connectivity index (χ1v) is 15.0. The van der Waals surface area contributed by atoms with Crippen molar-refractivity contribution in [3.8, 4) is 0 Å². The molecule has 2 aromatic carbocycles. The summed E-state index contributed by atoms with van der Waals surface area (Å²) in [7, 11) is 0. The number of anilines is 1. The lowest BCUT2D eigenvalue weighted by Gasteiger charge is -2.37. The number of hydrogen-bond donors (Lipinski definition) is 0. The van der Waals surface area contributed by atoms with E-state index in [1.807, 2.05) is 42.2 Å². The summed E-state index contributed by atoms with van der Waals surface area (Å²) in [6, 6.07) is 18.1. The molecule has 208 valence electrons. The summed E-state index contributed by atoms with van der Waals surface area (Å²) >= 11 is 12.0. The van der Waals surface area contributed by atoms with Gasteiger partial charge in [-0.15, -0.1) is 23.2 Å². The van der Waals surface area contributed by atoms with Crippen molar-refractivity contribution >= 4 is 40.8 Å². The quantitative estimate of drug-likeness (QED) is 0.142. The SMILES string of the molecule is CCCCOC(=O)C(C)CC(c1ccc(N(CCCl)CCCl)cc1)C1CCN(C(=O)c2ccccc2)CC1. The Morgan fingerprint density at radius 2 is 1.63 bits per heavy atom. The molecule has 0 aliphatic carbocycles. The Morgan fingerprint density at radius 3 is 2.21 bits per heavy atom. The Balaban J connectivity index is 1.74. The van der Waals surface area contributed by atoms with Crippen molar-refractivity contribution in [3.05, 3.63) is 65.7 Å². The molecule has 0 radical (unpaired) electrons. The predicted molar refractivity (Wildman–Crippen MR) is 158 cm³/mol. The van der Waals surface area contributed by atoms with Crippen molar-refractivity contribution in [3.63, 3.8) is 0 Å². The van der Waals surface area contributed by atoms with E-state index in [1.54, 1.807) is 0 Å². The van der Waals surface area contributed by atoms with E-state index in [9.17, 15) is 9.59 Å². The summed E-state index contributed by atoms with van der Waals surface area (Å²) < 4.78 is 5.55. The van der Waals surface area contributed by atoms with Gasteiger partial charge in [-0.25, -0.2) is 0 Å². The number of benzene rings is 2. The van der Waals surface area contributed by atoms with Crippen LogP contribution in [-0.4, -0.2) is 61.3 Å². The molecule has 7 heteroatoms. The number of rotatable bonds is 14. The molecule has 1 aliphatic rings. The number of likely N-dealkylation sites (tertiary alicyclic amines) is 1. The van der Waals surface area contributed by atoms with Crippen LogP contribution in [0.25, 0.3) is 0 Å². The lowest BCUT2D eigenvalue weighted by atomic mass is 9.75. The molecule has 0 N–H and O–H groups in total. The van der Waals surface area contributed by atoms with Gasteiger partial charge >= 0.3 is 5.97 Å². The van der Waals surface area contributed by atoms with Gasteiger partial charge in [0.15, 0.2) is 0 Å². The predicted octanol–water partition coefficient (Wildman–Crippen LogP) is 6.98. The average molecular weight is 562 g/mol. The highest BCUT2D eigenvalue weighted by Crippen LogP contribution is 2.38. The second-order valence-electron chi connectivity index (χ2n) is 10.2. The number of amides is 1. The summed E-state index contributed by atoms with van der Waals surface area (Å²) in [4.78, 5) is 29.9. The second kappa shape index (κ2) is 16.0. The first kappa shape index (κ1) is 30.3. The molecule has 2 atom stereocenters. The topological polar surface area (TPSA) is 49.9 Å². The van der Waals surface area contributed by atoms with Crippen LogP contribution in [0.1, 0.15) is 67.8 Å². The average Bonchev–Trinajstić information content (AvgIpc) is 2.96. The highest BCUT2D eigenvalue weighted by Gasteiger charge is 2.32. The van der Waals surface area contributed by atoms with E-state index in [-0.39, 0.29) is 23.7 Å². The first-order chi connectivity index (χ1) is 18.5. The van der Waals surface area contributed by atoms with Crippen LogP contribution in [-0.2, 0) is 9.53 Å². The molecule has 0 spiro atoms. The molecule has 5 nitrogen and oxygen atoms in total. The standard InChI is InChI=1S/C31H42Cl2N2O3/c1-3-4-22-38-31(37)24(2)23-29(25-10-12-28(13-11-25)34(20-16-32)21-17-33)26-14-18-35(19-15-26)30(36)27-8-6-5-7-9-27/h5-13,24,26,29H,3-4,14-23H2,1-2H3. The molecule has 2 aromatic rings. The maximum atomic E-state index is 13.0. The molecule has 0 bridgehead atoms. The number of carbonyl (C=O) groups is 2. The number of ether oxygens (including phenoxy) is 1. The Bertz CT molecular complexity index is 972. The van der Waals surface area contributed by atoms with E-state index in [0.717, 1.165) is 69.5 Å². The van der Waals surface area contributed by atoms with Gasteiger partial charge in [-0.2, -0.15) is 0 Å². The van der Waals surface area contributed by atoms with Gasteiger partial charge in [0.25, 0.3) is 5.91 Å². The number of piperidine rings is 1. The third-order valence-corrected chi connectivity index (χ3v) is 7.90. The number of halogens is 2. The second-order valence-corrected chi connectivity index (χ2v) is 11.0. The van der Waals surface area contributed by atoms with Gasteiger partial charge in [-0.05, 0) is 67.3 Å². The Morgan fingerprint density at radius 1 is 1.00 bits per heavy atom. The van der Waals surface area contributed by atoms with Gasteiger partial charge in [0, 0.05) is 49.2 Å². The minimum absolute atomic E-state index is 0.0940. The molecule has 1 saturated heterocycles. The van der Waals surface area contributed by atoms with Crippen molar-refractivity contribution < 1.29 is 14.3 Å². The molecule has 3 rings (SSSR count). The zero-order valence-corrected chi connectivity index (χ0v) is 24.3. The summed E-state index contributed by atoms with van der Waals surface area (Å²) in [5.74, 6) is 1.46. The Hall–Kier alpha value is -2.24. The van der Waals surface area contributed by atoms with Gasteiger partial charge in [0.05, 0.1) is 12.5 Å². The van der Waals surface area contributed by atoms with Crippen molar-refractivity contribution in [1.29, 1.82) is 0 Å². The molecule has 1 aliphatic heterocycles. The Kier molecular flexibility index (Phi) is 12.8. The van der Waals surface area contributed by atoms with Crippen LogP contribution in [0.15, 0.2) is 54.6 Å². The molecule has 0 saturated carbocycles. The van der Waals surface area contributed by atoms with Gasteiger partial charge < -0.3 is 14.5 Å². The van der Waals surface area contributed by atoms with E-state index in [1.165, 1.54) is 5.56 Å². The smallest absolute Gasteiger partial charge is 0.308 e. The summed E-state index contributed by atoms with van der Waals surface area (Å²) in [6.45, 7) is 7.48. The fourth-order valence-corrected chi connectivity index (χ4v) is 5.72. The minimum atomic E-state index is -0.190. The van der Waals surface area contributed by atoms with Crippen LogP contribution in [0.2, 0.25) is 0 Å². The van der Waals surface area contributed by atoms with Crippen molar-refractivity contribution in [2.45, 2.75) is 51.9 Å². The van der Waals surface area contributed by atoms with Crippen molar-refractivity contribution in [2.24, 2.45) is 11.8 Å². The van der Waals surface area contributed by atoms with Crippen LogP contribution in [0.3, 0.4) is 0 Å². The lowest BCUT2D eigenvalue weighted by molar-refractivity contribution is -0.148. The van der Waals surface area contributed by atoms with Crippen molar-refractivity contribution in [1.82, 2.24) is 4.90 Å². The molecule has 1 fully saturated rings. The zero-order chi connectivity index (χ0) is 27.3. The van der Waals surface area contributed by atoms with Crippen LogP contribution in [0.4, 0.5) is 5.69 Å². The maximum Gasteiger partial charge on any atom is 0.308 e. The maximum absolute atomic E-state index is 13.0. The third kappa shape index (κ3) is 8.64. The highest BCUT2D eigenvalue weighted by molar-refractivity contribution is 6.18. The Labute approximate surface area is 238 Å². The normalized spacial score (nSPS) is 15.6. The number of nitrogens with zero attached hydrogens (tertiary/aromatic N) is 2. The van der Waals surface area contributed by atoms with Crippen LogP contribution < -0.4 is 4.90 Å². The minimum Gasteiger partial charge on any atom is -0.465 e. The van der Waals surface area contributed by atoms with Gasteiger partial charge in [0.2, 0.25) is 0 Å². The highest BCUT2D eigenvalue weighted by atomic mass is 35.5. The molecule has 1 amide bonds. The van der Waals surface area contributed by atoms with Gasteiger partial charge in [0.1, 0.15) is 0 Å². The number of carbonyl (C=O) groups excluding carboxylic acids is 2. The number of hydrogen-bond acceptors (Lipinski definition) is 4. The number of unbranched alkanes of at least 4 members (excludes halogenated alkanes) is 1. The third-order valence-electron chi connectivity index (χ3n) is 7.56. The van der Waals surface area contributed by atoms with Crippen LogP contribution in [0, 0.1) is 11.8 Å². The number of esters is 1. The molecular formula is C31H42Cl2N2O3. The van der Waals surface area contributed by atoms with Crippen LogP contribution >= 0.6 is 23.2 Å². The van der Waals surface area contributed by atoms with Gasteiger partial charge in [-0.1, -0.05) is 50.6 Å². The summed E-state index contributed by atoms with van der Waals surface area (Å²) in [5, 5.41) is 0. The fourth-order valence-electron chi connectivity index (χ4n) is 5.31. The lowest BCUT2D eigenvalue weighted by Crippen LogP contribution is -2.40. The van der Waals surface area contributed by atoms with Crippen molar-refractivity contribution in [2.75, 3.05) is 49.4 Å². The molecule has 2 unspecified atom stereocenters. The molecule has 1 heterocycles. The van der Waals surface area contributed by atoms with E-state index < -0.39 is 0 Å². The first-order valence-electron chi connectivity index (χ1n) is 14.0. The van der Waals surface area contributed by atoms with Crippen LogP contribution in [0.5, 0.6) is 0 Å². The molecule has 0 aromatic heterocycles. The van der Waals surface area contributed by atoms with E-state index in [0.29, 0.717) is 24.3 Å². The van der Waals surface area contributed by atoms with Gasteiger partial charge in [-0.3, -0.25) is 9.59 Å². The van der Waals surface area contributed by atoms with E-state index >= 15 is 0 Å². The largest absolute Gasteiger partial charge is 0.465 e. The van der Waals surface area contributed by atoms with E-state index in [2.05, 4.69) is 36.1 Å². The fraction of sp³-hybridized carbons (Fsp3) is 0.548. The molecular weight excluding hydrogens is 519 g/mol. The summed E-state index contributed by atoms with van der Waals surface area (Å²) in [5.41, 5.74) is 3.07. The number of alkyl halides is 2.